The van der Waals surface area contributed by atoms with E-state index in [-0.39, 0.29) is 0 Å². The average molecular weight is 378 g/mol. The van der Waals surface area contributed by atoms with Gasteiger partial charge in [0, 0.05) is 13.2 Å². The van der Waals surface area contributed by atoms with Crippen molar-refractivity contribution in [1.82, 2.24) is 4.23 Å². The smallest absolute Gasteiger partial charge is 0.337 e. The molecular formula is C17H43NO2Si3. The van der Waals surface area contributed by atoms with Gasteiger partial charge in [-0.15, -0.1) is 0 Å². The molecule has 0 saturated heterocycles. The van der Waals surface area contributed by atoms with E-state index in [0.29, 0.717) is 0 Å². The van der Waals surface area contributed by atoms with Gasteiger partial charge in [-0.2, -0.15) is 0 Å². The Labute approximate surface area is 149 Å². The summed E-state index contributed by atoms with van der Waals surface area (Å²) < 4.78 is 15.5. The van der Waals surface area contributed by atoms with Crippen LogP contribution in [0.1, 0.15) is 40.0 Å². The molecule has 0 amide bonds. The van der Waals surface area contributed by atoms with Gasteiger partial charge in [0.25, 0.3) is 0 Å². The van der Waals surface area contributed by atoms with Crippen LogP contribution in [-0.2, 0) is 8.85 Å². The van der Waals surface area contributed by atoms with E-state index in [0.717, 1.165) is 38.1 Å². The van der Waals surface area contributed by atoms with Gasteiger partial charge in [0.15, 0.2) is 0 Å². The molecule has 0 rings (SSSR count). The maximum atomic E-state index is 6.30. The summed E-state index contributed by atoms with van der Waals surface area (Å²) >= 11 is 0. The van der Waals surface area contributed by atoms with Gasteiger partial charge in [0.2, 0.25) is 0 Å². The van der Waals surface area contributed by atoms with Crippen molar-refractivity contribution in [2.45, 2.75) is 91.4 Å². The standard InChI is InChI=1S/C17H43NO2Si3/c1-10-15-19-23(12-3,20-16-11-2)17-13-14-18(21(4,5)6)22(7,8)9/h10-17H2,1-9H3. The van der Waals surface area contributed by atoms with Crippen molar-refractivity contribution >= 4 is 25.0 Å². The minimum absolute atomic E-state index is 0.857. The van der Waals surface area contributed by atoms with Crippen molar-refractivity contribution in [3.63, 3.8) is 0 Å². The summed E-state index contributed by atoms with van der Waals surface area (Å²) in [5, 5.41) is 0. The summed E-state index contributed by atoms with van der Waals surface area (Å²) in [5.41, 5.74) is 0. The third-order valence-electron chi connectivity index (χ3n) is 4.24. The molecule has 0 unspecified atom stereocenters. The predicted molar refractivity (Wildman–Crippen MR) is 112 cm³/mol. The zero-order valence-electron chi connectivity index (χ0n) is 17.4. The van der Waals surface area contributed by atoms with Crippen molar-refractivity contribution in [1.29, 1.82) is 0 Å². The van der Waals surface area contributed by atoms with E-state index >= 15 is 0 Å². The summed E-state index contributed by atoms with van der Waals surface area (Å²) in [7, 11) is -4.49. The number of hydrogen-bond donors (Lipinski definition) is 0. The van der Waals surface area contributed by atoms with Crippen LogP contribution in [0.3, 0.4) is 0 Å². The fourth-order valence-corrected chi connectivity index (χ4v) is 16.0. The molecule has 0 aromatic rings. The van der Waals surface area contributed by atoms with E-state index in [1.807, 2.05) is 0 Å². The van der Waals surface area contributed by atoms with Crippen LogP contribution in [0.15, 0.2) is 0 Å². The second kappa shape index (κ2) is 10.5. The number of hydrogen-bond acceptors (Lipinski definition) is 3. The van der Waals surface area contributed by atoms with Gasteiger partial charge in [0.1, 0.15) is 16.5 Å². The monoisotopic (exact) mass is 377 g/mol. The fraction of sp³-hybridized carbons (Fsp3) is 1.00. The first-order valence-electron chi connectivity index (χ1n) is 9.58. The van der Waals surface area contributed by atoms with Crippen LogP contribution in [0.2, 0.25) is 51.4 Å². The molecule has 0 saturated carbocycles. The van der Waals surface area contributed by atoms with Gasteiger partial charge >= 0.3 is 8.56 Å². The highest BCUT2D eigenvalue weighted by atomic mass is 28.4. The lowest BCUT2D eigenvalue weighted by Gasteiger charge is -2.44. The molecule has 0 heterocycles. The van der Waals surface area contributed by atoms with Gasteiger partial charge in [-0.1, -0.05) is 60.1 Å². The Morgan fingerprint density at radius 1 is 0.739 bits per heavy atom. The molecule has 0 aliphatic carbocycles. The Hall–Kier alpha value is 0.531. The molecule has 0 N–H and O–H groups in total. The van der Waals surface area contributed by atoms with Crippen molar-refractivity contribution in [2.24, 2.45) is 0 Å². The molecule has 0 aliphatic rings. The Bertz CT molecular complexity index is 292. The predicted octanol–water partition coefficient (Wildman–Crippen LogP) is 5.66. The fourth-order valence-electron chi connectivity index (χ4n) is 3.33. The maximum absolute atomic E-state index is 6.30. The average Bonchev–Trinajstić information content (AvgIpc) is 2.43. The molecule has 0 fully saturated rings. The van der Waals surface area contributed by atoms with Crippen molar-refractivity contribution in [2.75, 3.05) is 19.8 Å². The van der Waals surface area contributed by atoms with Crippen LogP contribution in [0.25, 0.3) is 0 Å². The molecule has 0 spiro atoms. The summed E-state index contributed by atoms with van der Waals surface area (Å²) in [6, 6.07) is 2.22. The SMILES string of the molecule is CCCO[Si](CC)(CCCN([Si](C)(C)C)[Si](C)(C)C)OCCC. The molecule has 0 aromatic heterocycles. The van der Waals surface area contributed by atoms with Gasteiger partial charge in [-0.25, -0.2) is 0 Å². The summed E-state index contributed by atoms with van der Waals surface area (Å²) in [4.78, 5) is 0. The molecule has 0 atom stereocenters. The van der Waals surface area contributed by atoms with Gasteiger partial charge < -0.3 is 13.1 Å². The van der Waals surface area contributed by atoms with E-state index in [1.165, 1.54) is 13.0 Å². The maximum Gasteiger partial charge on any atom is 0.337 e. The molecule has 6 heteroatoms. The van der Waals surface area contributed by atoms with E-state index < -0.39 is 25.0 Å². The molecule has 23 heavy (non-hydrogen) atoms. The first-order chi connectivity index (χ1) is 10.5. The lowest BCUT2D eigenvalue weighted by molar-refractivity contribution is 0.167. The third-order valence-corrected chi connectivity index (χ3v) is 15.6. The zero-order chi connectivity index (χ0) is 18.1. The van der Waals surface area contributed by atoms with Crippen LogP contribution >= 0.6 is 0 Å². The minimum Gasteiger partial charge on any atom is -0.394 e. The molecule has 140 valence electrons. The first kappa shape index (κ1) is 23.5. The lowest BCUT2D eigenvalue weighted by atomic mass is 10.5. The largest absolute Gasteiger partial charge is 0.394 e. The molecule has 0 bridgehead atoms. The Kier molecular flexibility index (Phi) is 10.7. The second-order valence-electron chi connectivity index (χ2n) is 8.56. The van der Waals surface area contributed by atoms with Crippen LogP contribution in [0.5, 0.6) is 0 Å². The Morgan fingerprint density at radius 2 is 1.17 bits per heavy atom. The molecule has 0 aromatic carbocycles. The van der Waals surface area contributed by atoms with E-state index in [2.05, 4.69) is 64.3 Å². The zero-order valence-corrected chi connectivity index (χ0v) is 20.4. The van der Waals surface area contributed by atoms with Crippen LogP contribution in [-0.4, -0.2) is 49.0 Å². The van der Waals surface area contributed by atoms with Gasteiger partial charge in [-0.05, 0) is 37.9 Å². The van der Waals surface area contributed by atoms with Gasteiger partial charge in [-0.3, -0.25) is 0 Å². The van der Waals surface area contributed by atoms with Crippen LogP contribution < -0.4 is 0 Å². The highest BCUT2D eigenvalue weighted by Gasteiger charge is 2.37. The van der Waals surface area contributed by atoms with Crippen molar-refractivity contribution in [3.05, 3.63) is 0 Å². The highest BCUT2D eigenvalue weighted by Crippen LogP contribution is 2.25. The summed E-state index contributed by atoms with van der Waals surface area (Å²) in [6.45, 7) is 24.5. The van der Waals surface area contributed by atoms with Crippen LogP contribution in [0.4, 0.5) is 0 Å². The van der Waals surface area contributed by atoms with E-state index in [9.17, 15) is 0 Å². The number of nitrogens with zero attached hydrogens (tertiary/aromatic N) is 1. The van der Waals surface area contributed by atoms with Gasteiger partial charge in [0.05, 0.1) is 0 Å². The summed E-state index contributed by atoms with van der Waals surface area (Å²) in [6.07, 6.45) is 3.39. The minimum atomic E-state index is -1.99. The lowest BCUT2D eigenvalue weighted by Crippen LogP contribution is -2.59. The summed E-state index contributed by atoms with van der Waals surface area (Å²) in [5.74, 6) is 0. The third kappa shape index (κ3) is 8.97. The van der Waals surface area contributed by atoms with Crippen molar-refractivity contribution in [3.8, 4) is 0 Å². The molecule has 0 aliphatic heterocycles. The Morgan fingerprint density at radius 3 is 1.48 bits per heavy atom. The Balaban J connectivity index is 4.82. The highest BCUT2D eigenvalue weighted by molar-refractivity contribution is 6.89. The quantitative estimate of drug-likeness (QED) is 0.386. The van der Waals surface area contributed by atoms with E-state index in [1.54, 1.807) is 0 Å². The first-order valence-corrected chi connectivity index (χ1v) is 18.7. The second-order valence-corrected chi connectivity index (χ2v) is 22.4. The normalized spacial score (nSPS) is 13.8. The molecular weight excluding hydrogens is 334 g/mol. The topological polar surface area (TPSA) is 21.7 Å². The molecule has 3 nitrogen and oxygen atoms in total. The van der Waals surface area contributed by atoms with Crippen molar-refractivity contribution < 1.29 is 8.85 Å². The van der Waals surface area contributed by atoms with E-state index in [4.69, 9.17) is 8.85 Å². The van der Waals surface area contributed by atoms with Crippen LogP contribution in [0, 0.1) is 0 Å². The number of rotatable bonds is 13. The molecule has 0 radical (unpaired) electrons.